The van der Waals surface area contributed by atoms with E-state index in [2.05, 4.69) is 36.1 Å². The fourth-order valence-corrected chi connectivity index (χ4v) is 2.85. The van der Waals surface area contributed by atoms with Crippen LogP contribution in [-0.2, 0) is 6.42 Å². The summed E-state index contributed by atoms with van der Waals surface area (Å²) in [5.74, 6) is 0. The van der Waals surface area contributed by atoms with Crippen molar-refractivity contribution in [3.63, 3.8) is 0 Å². The van der Waals surface area contributed by atoms with Crippen molar-refractivity contribution in [2.24, 2.45) is 0 Å². The average molecular weight is 247 g/mol. The summed E-state index contributed by atoms with van der Waals surface area (Å²) >= 11 is 0. The van der Waals surface area contributed by atoms with Gasteiger partial charge in [-0.05, 0) is 44.2 Å². The van der Waals surface area contributed by atoms with E-state index >= 15 is 0 Å². The summed E-state index contributed by atoms with van der Waals surface area (Å²) < 4.78 is 0. The zero-order valence-corrected chi connectivity index (χ0v) is 11.4. The maximum atomic E-state index is 8.78. The van der Waals surface area contributed by atoms with Gasteiger partial charge in [-0.25, -0.2) is 0 Å². The monoisotopic (exact) mass is 247 g/mol. The number of anilines is 1. The molecule has 0 saturated heterocycles. The smallest absolute Gasteiger partial charge is 0.0431 e. The first-order chi connectivity index (χ1) is 8.83. The van der Waals surface area contributed by atoms with Crippen molar-refractivity contribution in [3.05, 3.63) is 29.8 Å². The standard InChI is InChI=1S/C16H25NO/c1-14-10-11-15-8-4-5-9-16(15)17(14)12-6-2-3-7-13-18/h4-5,8-9,14,18H,2-3,6-7,10-13H2,1H3. The first kappa shape index (κ1) is 13.4. The molecule has 1 heterocycles. The summed E-state index contributed by atoms with van der Waals surface area (Å²) in [7, 11) is 0. The number of rotatable bonds is 6. The Morgan fingerprint density at radius 3 is 2.78 bits per heavy atom. The molecule has 0 saturated carbocycles. The van der Waals surface area contributed by atoms with Crippen LogP contribution in [0.15, 0.2) is 24.3 Å². The summed E-state index contributed by atoms with van der Waals surface area (Å²) in [5, 5.41) is 8.78. The molecule has 0 spiro atoms. The van der Waals surface area contributed by atoms with E-state index in [0.717, 1.165) is 19.4 Å². The largest absolute Gasteiger partial charge is 0.396 e. The molecule has 2 nitrogen and oxygen atoms in total. The molecule has 2 rings (SSSR count). The molecule has 1 atom stereocenters. The van der Waals surface area contributed by atoms with Crippen molar-refractivity contribution in [1.29, 1.82) is 0 Å². The van der Waals surface area contributed by atoms with Gasteiger partial charge in [0.2, 0.25) is 0 Å². The molecule has 1 aromatic rings. The van der Waals surface area contributed by atoms with Gasteiger partial charge < -0.3 is 10.0 Å². The lowest BCUT2D eigenvalue weighted by Crippen LogP contribution is -2.37. The highest BCUT2D eigenvalue weighted by atomic mass is 16.2. The Labute approximate surface area is 111 Å². The molecule has 1 aliphatic heterocycles. The van der Waals surface area contributed by atoms with Gasteiger partial charge in [0, 0.05) is 24.9 Å². The highest BCUT2D eigenvalue weighted by Crippen LogP contribution is 2.30. The second-order valence-corrected chi connectivity index (χ2v) is 5.35. The normalized spacial score (nSPS) is 18.8. The molecule has 0 amide bonds. The molecule has 0 radical (unpaired) electrons. The van der Waals surface area contributed by atoms with Gasteiger partial charge in [0.25, 0.3) is 0 Å². The van der Waals surface area contributed by atoms with Crippen LogP contribution in [-0.4, -0.2) is 24.3 Å². The van der Waals surface area contributed by atoms with Crippen molar-refractivity contribution in [2.75, 3.05) is 18.1 Å². The van der Waals surface area contributed by atoms with Gasteiger partial charge in [0.15, 0.2) is 0 Å². The van der Waals surface area contributed by atoms with Crippen LogP contribution in [0.4, 0.5) is 5.69 Å². The average Bonchev–Trinajstić information content (AvgIpc) is 2.41. The minimum atomic E-state index is 0.336. The van der Waals surface area contributed by atoms with Gasteiger partial charge >= 0.3 is 0 Å². The Balaban J connectivity index is 1.90. The van der Waals surface area contributed by atoms with Crippen LogP contribution in [0.3, 0.4) is 0 Å². The number of para-hydroxylation sites is 1. The van der Waals surface area contributed by atoms with E-state index in [1.807, 2.05) is 0 Å². The molecule has 0 bridgehead atoms. The second kappa shape index (κ2) is 6.79. The van der Waals surface area contributed by atoms with E-state index in [0.29, 0.717) is 12.6 Å². The van der Waals surface area contributed by atoms with Crippen molar-refractivity contribution in [3.8, 4) is 0 Å². The van der Waals surface area contributed by atoms with E-state index < -0.39 is 0 Å². The number of aryl methyl sites for hydroxylation is 1. The summed E-state index contributed by atoms with van der Waals surface area (Å²) in [4.78, 5) is 2.57. The van der Waals surface area contributed by atoms with Crippen LogP contribution in [0, 0.1) is 0 Å². The Morgan fingerprint density at radius 1 is 1.17 bits per heavy atom. The number of fused-ring (bicyclic) bond motifs is 1. The zero-order chi connectivity index (χ0) is 12.8. The van der Waals surface area contributed by atoms with Crippen molar-refractivity contribution in [2.45, 2.75) is 51.5 Å². The summed E-state index contributed by atoms with van der Waals surface area (Å²) in [6.45, 7) is 3.83. The van der Waals surface area contributed by atoms with E-state index in [1.165, 1.54) is 36.9 Å². The summed E-state index contributed by atoms with van der Waals surface area (Å²) in [5.41, 5.74) is 2.95. The van der Waals surface area contributed by atoms with Crippen molar-refractivity contribution >= 4 is 5.69 Å². The Hall–Kier alpha value is -1.02. The van der Waals surface area contributed by atoms with Crippen LogP contribution in [0.2, 0.25) is 0 Å². The highest BCUT2D eigenvalue weighted by molar-refractivity contribution is 5.56. The highest BCUT2D eigenvalue weighted by Gasteiger charge is 2.21. The van der Waals surface area contributed by atoms with Gasteiger partial charge in [0.1, 0.15) is 0 Å². The SMILES string of the molecule is CC1CCc2ccccc2N1CCCCCCO. The molecule has 1 unspecified atom stereocenters. The Bertz CT molecular complexity index is 364. The molecule has 0 fully saturated rings. The van der Waals surface area contributed by atoms with E-state index in [1.54, 1.807) is 0 Å². The van der Waals surface area contributed by atoms with Crippen LogP contribution in [0.5, 0.6) is 0 Å². The third-order valence-corrected chi connectivity index (χ3v) is 3.97. The van der Waals surface area contributed by atoms with Crippen LogP contribution in [0.25, 0.3) is 0 Å². The zero-order valence-electron chi connectivity index (χ0n) is 11.4. The Kier molecular flexibility index (Phi) is 5.06. The van der Waals surface area contributed by atoms with Crippen molar-refractivity contribution in [1.82, 2.24) is 0 Å². The quantitative estimate of drug-likeness (QED) is 0.779. The number of aliphatic hydroxyl groups is 1. The van der Waals surface area contributed by atoms with E-state index in [-0.39, 0.29) is 0 Å². The summed E-state index contributed by atoms with van der Waals surface area (Å²) in [6, 6.07) is 9.49. The fourth-order valence-electron chi connectivity index (χ4n) is 2.85. The molecular formula is C16H25NO. The molecule has 18 heavy (non-hydrogen) atoms. The minimum absolute atomic E-state index is 0.336. The molecule has 0 aromatic heterocycles. The third kappa shape index (κ3) is 3.26. The van der Waals surface area contributed by atoms with Crippen molar-refractivity contribution < 1.29 is 5.11 Å². The van der Waals surface area contributed by atoms with E-state index in [4.69, 9.17) is 5.11 Å². The first-order valence-electron chi connectivity index (χ1n) is 7.28. The predicted octanol–water partition coefficient (Wildman–Crippen LogP) is 3.38. The molecule has 2 heteroatoms. The van der Waals surface area contributed by atoms with Gasteiger partial charge in [0.05, 0.1) is 0 Å². The van der Waals surface area contributed by atoms with Gasteiger partial charge in [-0.2, -0.15) is 0 Å². The first-order valence-corrected chi connectivity index (χ1v) is 7.28. The predicted molar refractivity (Wildman–Crippen MR) is 77.1 cm³/mol. The number of benzene rings is 1. The van der Waals surface area contributed by atoms with Crippen LogP contribution in [0.1, 0.15) is 44.6 Å². The van der Waals surface area contributed by atoms with Gasteiger partial charge in [-0.3, -0.25) is 0 Å². The van der Waals surface area contributed by atoms with Gasteiger partial charge in [-0.1, -0.05) is 31.0 Å². The molecular weight excluding hydrogens is 222 g/mol. The third-order valence-electron chi connectivity index (χ3n) is 3.97. The van der Waals surface area contributed by atoms with Gasteiger partial charge in [-0.15, -0.1) is 0 Å². The molecule has 1 N–H and O–H groups in total. The molecule has 1 aromatic carbocycles. The number of unbranched alkanes of at least 4 members (excludes halogenated alkanes) is 3. The maximum Gasteiger partial charge on any atom is 0.0431 e. The lowest BCUT2D eigenvalue weighted by molar-refractivity contribution is 0.282. The lowest BCUT2D eigenvalue weighted by atomic mass is 9.96. The van der Waals surface area contributed by atoms with Crippen LogP contribution >= 0.6 is 0 Å². The maximum absolute atomic E-state index is 8.78. The number of hydrogen-bond acceptors (Lipinski definition) is 2. The minimum Gasteiger partial charge on any atom is -0.396 e. The fraction of sp³-hybridized carbons (Fsp3) is 0.625. The molecule has 0 aliphatic carbocycles. The number of hydrogen-bond donors (Lipinski definition) is 1. The number of nitrogens with zero attached hydrogens (tertiary/aromatic N) is 1. The van der Waals surface area contributed by atoms with Crippen LogP contribution < -0.4 is 4.90 Å². The number of aliphatic hydroxyl groups excluding tert-OH is 1. The Morgan fingerprint density at radius 2 is 1.94 bits per heavy atom. The molecule has 100 valence electrons. The van der Waals surface area contributed by atoms with E-state index in [9.17, 15) is 0 Å². The second-order valence-electron chi connectivity index (χ2n) is 5.35. The topological polar surface area (TPSA) is 23.5 Å². The lowest BCUT2D eigenvalue weighted by Gasteiger charge is -2.37. The molecule has 1 aliphatic rings. The summed E-state index contributed by atoms with van der Waals surface area (Å²) in [6.07, 6.45) is 7.06.